The zero-order valence-electron chi connectivity index (χ0n) is 13.1. The van der Waals surface area contributed by atoms with Gasteiger partial charge in [0.15, 0.2) is 0 Å². The highest BCUT2D eigenvalue weighted by Gasteiger charge is 2.12. The van der Waals surface area contributed by atoms with Crippen LogP contribution in [0.3, 0.4) is 0 Å². The highest BCUT2D eigenvalue weighted by atomic mass is 16.5. The van der Waals surface area contributed by atoms with Crippen LogP contribution in [0.1, 0.15) is 33.2 Å². The Morgan fingerprint density at radius 2 is 2.19 bits per heavy atom. The monoisotopic (exact) mass is 296 g/mol. The Kier molecular flexibility index (Phi) is 6.87. The van der Waals surface area contributed by atoms with Crippen LogP contribution in [0.4, 0.5) is 5.82 Å². The standard InChI is InChI=1S/C14H24N4O3/c1-5-21-14(20)7-9-17(4)10-13(19)16-12-6-8-15-18(12)11(2)3/h6,8,11H,5,7,9-10H2,1-4H3,(H,16,19). The van der Waals surface area contributed by atoms with Crippen molar-refractivity contribution in [1.82, 2.24) is 14.7 Å². The van der Waals surface area contributed by atoms with Crippen molar-refractivity contribution in [2.75, 3.05) is 32.1 Å². The molecule has 0 atom stereocenters. The van der Waals surface area contributed by atoms with Gasteiger partial charge < -0.3 is 10.1 Å². The van der Waals surface area contributed by atoms with Gasteiger partial charge in [-0.15, -0.1) is 0 Å². The summed E-state index contributed by atoms with van der Waals surface area (Å²) in [6.07, 6.45) is 1.93. The summed E-state index contributed by atoms with van der Waals surface area (Å²) in [5, 5.41) is 6.97. The second-order valence-corrected chi connectivity index (χ2v) is 5.10. The predicted molar refractivity (Wildman–Crippen MR) is 80.0 cm³/mol. The Morgan fingerprint density at radius 3 is 2.81 bits per heavy atom. The molecule has 118 valence electrons. The van der Waals surface area contributed by atoms with Crippen LogP contribution in [-0.2, 0) is 14.3 Å². The average Bonchev–Trinajstić information content (AvgIpc) is 2.84. The molecule has 0 aliphatic rings. The zero-order chi connectivity index (χ0) is 15.8. The van der Waals surface area contributed by atoms with Crippen LogP contribution in [0.15, 0.2) is 12.3 Å². The van der Waals surface area contributed by atoms with Crippen LogP contribution in [0.25, 0.3) is 0 Å². The molecule has 0 saturated carbocycles. The molecule has 0 fully saturated rings. The molecule has 7 nitrogen and oxygen atoms in total. The van der Waals surface area contributed by atoms with Crippen molar-refractivity contribution in [2.45, 2.75) is 33.2 Å². The van der Waals surface area contributed by atoms with E-state index in [0.29, 0.717) is 19.0 Å². The minimum absolute atomic E-state index is 0.135. The SMILES string of the molecule is CCOC(=O)CCN(C)CC(=O)Nc1ccnn1C(C)C. The summed E-state index contributed by atoms with van der Waals surface area (Å²) in [6, 6.07) is 1.94. The third-order valence-electron chi connectivity index (χ3n) is 2.84. The molecule has 0 aliphatic carbocycles. The second-order valence-electron chi connectivity index (χ2n) is 5.10. The molecule has 0 aromatic carbocycles. The molecule has 1 aromatic rings. The van der Waals surface area contributed by atoms with E-state index in [4.69, 9.17) is 4.74 Å². The van der Waals surface area contributed by atoms with E-state index in [9.17, 15) is 9.59 Å². The fraction of sp³-hybridized carbons (Fsp3) is 0.643. The fourth-order valence-corrected chi connectivity index (χ4v) is 1.85. The number of nitrogens with zero attached hydrogens (tertiary/aromatic N) is 3. The van der Waals surface area contributed by atoms with E-state index >= 15 is 0 Å². The average molecular weight is 296 g/mol. The first-order valence-electron chi connectivity index (χ1n) is 7.11. The maximum atomic E-state index is 12.0. The number of carbonyl (C=O) groups is 2. The van der Waals surface area contributed by atoms with Gasteiger partial charge in [0.25, 0.3) is 0 Å². The number of ether oxygens (including phenoxy) is 1. The predicted octanol–water partition coefficient (Wildman–Crippen LogP) is 1.29. The number of likely N-dealkylation sites (N-methyl/N-ethyl adjacent to an activating group) is 1. The molecule has 0 aliphatic heterocycles. The van der Waals surface area contributed by atoms with Crippen molar-refractivity contribution in [2.24, 2.45) is 0 Å². The molecular weight excluding hydrogens is 272 g/mol. The van der Waals surface area contributed by atoms with Crippen molar-refractivity contribution in [3.63, 3.8) is 0 Å². The van der Waals surface area contributed by atoms with Gasteiger partial charge in [-0.2, -0.15) is 5.10 Å². The van der Waals surface area contributed by atoms with Gasteiger partial charge in [0.1, 0.15) is 5.82 Å². The molecule has 7 heteroatoms. The Morgan fingerprint density at radius 1 is 1.48 bits per heavy atom. The summed E-state index contributed by atoms with van der Waals surface area (Å²) in [7, 11) is 1.79. The zero-order valence-corrected chi connectivity index (χ0v) is 13.1. The Hall–Kier alpha value is -1.89. The lowest BCUT2D eigenvalue weighted by Crippen LogP contribution is -2.32. The minimum Gasteiger partial charge on any atom is -0.466 e. The van der Waals surface area contributed by atoms with Crippen molar-refractivity contribution in [3.05, 3.63) is 12.3 Å². The molecule has 1 rings (SSSR count). The van der Waals surface area contributed by atoms with E-state index in [-0.39, 0.29) is 30.9 Å². The lowest BCUT2D eigenvalue weighted by Gasteiger charge is -2.16. The van der Waals surface area contributed by atoms with Gasteiger partial charge in [0.05, 0.1) is 25.8 Å². The highest BCUT2D eigenvalue weighted by Crippen LogP contribution is 2.12. The maximum Gasteiger partial charge on any atom is 0.307 e. The molecule has 0 bridgehead atoms. The van der Waals surface area contributed by atoms with E-state index in [2.05, 4.69) is 10.4 Å². The highest BCUT2D eigenvalue weighted by molar-refractivity contribution is 5.91. The summed E-state index contributed by atoms with van der Waals surface area (Å²) < 4.78 is 6.59. The van der Waals surface area contributed by atoms with Crippen molar-refractivity contribution >= 4 is 17.7 Å². The third-order valence-corrected chi connectivity index (χ3v) is 2.84. The Labute approximate surface area is 125 Å². The number of carbonyl (C=O) groups excluding carboxylic acids is 2. The molecule has 1 amide bonds. The van der Waals surface area contributed by atoms with E-state index in [1.807, 2.05) is 13.8 Å². The van der Waals surface area contributed by atoms with Gasteiger partial charge >= 0.3 is 5.97 Å². The lowest BCUT2D eigenvalue weighted by atomic mass is 10.4. The van der Waals surface area contributed by atoms with Crippen LogP contribution < -0.4 is 5.32 Å². The van der Waals surface area contributed by atoms with Gasteiger partial charge in [-0.25, -0.2) is 4.68 Å². The van der Waals surface area contributed by atoms with Crippen LogP contribution >= 0.6 is 0 Å². The number of amides is 1. The Bertz CT molecular complexity index is 471. The topological polar surface area (TPSA) is 76.5 Å². The summed E-state index contributed by atoms with van der Waals surface area (Å²) in [6.45, 7) is 6.83. The van der Waals surface area contributed by atoms with Gasteiger partial charge in [-0.05, 0) is 27.8 Å². The summed E-state index contributed by atoms with van der Waals surface area (Å²) in [5.74, 6) is 0.292. The van der Waals surface area contributed by atoms with Gasteiger partial charge in [0, 0.05) is 18.7 Å². The maximum absolute atomic E-state index is 12.0. The molecule has 21 heavy (non-hydrogen) atoms. The number of hydrogen-bond acceptors (Lipinski definition) is 5. The molecule has 1 N–H and O–H groups in total. The van der Waals surface area contributed by atoms with E-state index < -0.39 is 0 Å². The third kappa shape index (κ3) is 5.95. The number of rotatable bonds is 8. The smallest absolute Gasteiger partial charge is 0.307 e. The van der Waals surface area contributed by atoms with Gasteiger partial charge in [-0.1, -0.05) is 0 Å². The summed E-state index contributed by atoms with van der Waals surface area (Å²) >= 11 is 0. The lowest BCUT2D eigenvalue weighted by molar-refractivity contribution is -0.143. The van der Waals surface area contributed by atoms with Gasteiger partial charge in [0.2, 0.25) is 5.91 Å². The van der Waals surface area contributed by atoms with E-state index in [1.54, 1.807) is 35.8 Å². The van der Waals surface area contributed by atoms with Crippen LogP contribution in [0.2, 0.25) is 0 Å². The first kappa shape index (κ1) is 17.2. The van der Waals surface area contributed by atoms with Crippen molar-refractivity contribution in [1.29, 1.82) is 0 Å². The van der Waals surface area contributed by atoms with Crippen molar-refractivity contribution < 1.29 is 14.3 Å². The number of aromatic nitrogens is 2. The number of hydrogen-bond donors (Lipinski definition) is 1. The fourth-order valence-electron chi connectivity index (χ4n) is 1.85. The largest absolute Gasteiger partial charge is 0.466 e. The molecule has 0 radical (unpaired) electrons. The first-order valence-corrected chi connectivity index (χ1v) is 7.11. The molecular formula is C14H24N4O3. The normalized spacial score (nSPS) is 11.0. The molecule has 1 heterocycles. The van der Waals surface area contributed by atoms with Crippen LogP contribution in [0.5, 0.6) is 0 Å². The second kappa shape index (κ2) is 8.41. The minimum atomic E-state index is -0.248. The van der Waals surface area contributed by atoms with Crippen LogP contribution in [-0.4, -0.2) is 53.3 Å². The first-order chi connectivity index (χ1) is 9.93. The summed E-state index contributed by atoms with van der Waals surface area (Å²) in [4.78, 5) is 25.0. The number of anilines is 1. The molecule has 0 saturated heterocycles. The number of nitrogens with one attached hydrogen (secondary N) is 1. The van der Waals surface area contributed by atoms with E-state index in [1.165, 1.54) is 0 Å². The number of esters is 1. The van der Waals surface area contributed by atoms with Crippen LogP contribution in [0, 0.1) is 0 Å². The quantitative estimate of drug-likeness (QED) is 0.731. The van der Waals surface area contributed by atoms with E-state index in [0.717, 1.165) is 0 Å². The van der Waals surface area contributed by atoms with Crippen molar-refractivity contribution in [3.8, 4) is 0 Å². The molecule has 1 aromatic heterocycles. The molecule has 0 unspecified atom stereocenters. The Balaban J connectivity index is 2.39. The molecule has 0 spiro atoms. The van der Waals surface area contributed by atoms with Gasteiger partial charge in [-0.3, -0.25) is 14.5 Å². The summed E-state index contributed by atoms with van der Waals surface area (Å²) in [5.41, 5.74) is 0.